The second-order valence-corrected chi connectivity index (χ2v) is 7.91. The van der Waals surface area contributed by atoms with Gasteiger partial charge in [-0.3, -0.25) is 9.59 Å². The lowest BCUT2D eigenvalue weighted by Crippen LogP contribution is -2.43. The highest BCUT2D eigenvalue weighted by Gasteiger charge is 2.31. The molecule has 32 heavy (non-hydrogen) atoms. The summed E-state index contributed by atoms with van der Waals surface area (Å²) in [4.78, 5) is 35.9. The third-order valence-corrected chi connectivity index (χ3v) is 5.21. The quantitative estimate of drug-likeness (QED) is 0.330. The number of nitrogens with one attached hydrogen (secondary N) is 1. The van der Waals surface area contributed by atoms with Crippen LogP contribution in [0.5, 0.6) is 0 Å². The number of carbonyl (C=O) groups is 2. The zero-order chi connectivity index (χ0) is 23.3. The highest BCUT2D eigenvalue weighted by Crippen LogP contribution is 2.30. The Morgan fingerprint density at radius 3 is 2.38 bits per heavy atom. The smallest absolute Gasteiger partial charge is 0.247 e. The zero-order valence-electron chi connectivity index (χ0n) is 19.0. The molecule has 0 aromatic heterocycles. The van der Waals surface area contributed by atoms with E-state index in [2.05, 4.69) is 35.2 Å². The van der Waals surface area contributed by atoms with Crippen molar-refractivity contribution in [2.24, 2.45) is 9.98 Å². The minimum absolute atomic E-state index is 0.150. The van der Waals surface area contributed by atoms with Crippen LogP contribution in [0.15, 0.2) is 58.5 Å². The first kappa shape index (κ1) is 25.3. The van der Waals surface area contributed by atoms with Gasteiger partial charge in [0.25, 0.3) is 0 Å². The standard InChI is InChI=1S/C25H31ClN4O2/c1-4-6-16-27-25(32)24(30(19(3)31)17-7-5-2)22-10-8-9-11-23(22)29-18-28-21-14-12-20(26)13-15-21/h8-15,24H,4-7,16-17H2,1-3H3,(H,27,32). The number of hydrogen-bond donors (Lipinski definition) is 1. The lowest BCUT2D eigenvalue weighted by Gasteiger charge is -2.31. The molecule has 0 heterocycles. The maximum atomic E-state index is 13.2. The lowest BCUT2D eigenvalue weighted by atomic mass is 10.0. The molecule has 2 aromatic rings. The van der Waals surface area contributed by atoms with Crippen molar-refractivity contribution in [2.45, 2.75) is 52.5 Å². The van der Waals surface area contributed by atoms with Gasteiger partial charge in [-0.25, -0.2) is 0 Å². The van der Waals surface area contributed by atoms with Gasteiger partial charge in [-0.05, 0) is 43.2 Å². The Balaban J connectivity index is 2.43. The van der Waals surface area contributed by atoms with E-state index in [1.165, 1.54) is 6.92 Å². The number of carbonyl (C=O) groups excluding carboxylic acids is 2. The molecule has 1 N–H and O–H groups in total. The van der Waals surface area contributed by atoms with Crippen LogP contribution < -0.4 is 5.32 Å². The van der Waals surface area contributed by atoms with E-state index >= 15 is 0 Å². The van der Waals surface area contributed by atoms with Crippen molar-refractivity contribution in [3.05, 3.63) is 59.1 Å². The molecule has 1 atom stereocenters. The van der Waals surface area contributed by atoms with E-state index in [1.807, 2.05) is 18.2 Å². The molecule has 0 aliphatic rings. The van der Waals surface area contributed by atoms with E-state index in [0.29, 0.717) is 35.1 Å². The Morgan fingerprint density at radius 2 is 1.72 bits per heavy atom. The molecule has 170 valence electrons. The zero-order valence-corrected chi connectivity index (χ0v) is 19.7. The molecule has 0 fully saturated rings. The van der Waals surface area contributed by atoms with E-state index in [0.717, 1.165) is 25.7 Å². The fourth-order valence-electron chi connectivity index (χ4n) is 3.21. The van der Waals surface area contributed by atoms with Gasteiger partial charge in [0.05, 0.1) is 11.4 Å². The maximum absolute atomic E-state index is 13.2. The second kappa shape index (κ2) is 13.5. The van der Waals surface area contributed by atoms with Crippen LogP contribution in [0.25, 0.3) is 0 Å². The van der Waals surface area contributed by atoms with Crippen molar-refractivity contribution < 1.29 is 9.59 Å². The fourth-order valence-corrected chi connectivity index (χ4v) is 3.33. The largest absolute Gasteiger partial charge is 0.354 e. The van der Waals surface area contributed by atoms with E-state index in [-0.39, 0.29) is 11.8 Å². The fraction of sp³-hybridized carbons (Fsp3) is 0.400. The van der Waals surface area contributed by atoms with Gasteiger partial charge in [-0.2, -0.15) is 9.98 Å². The van der Waals surface area contributed by atoms with Crippen LogP contribution in [-0.2, 0) is 9.59 Å². The van der Waals surface area contributed by atoms with Gasteiger partial charge >= 0.3 is 0 Å². The van der Waals surface area contributed by atoms with Gasteiger partial charge < -0.3 is 10.2 Å². The summed E-state index contributed by atoms with van der Waals surface area (Å²) in [5.74, 6) is -0.357. The molecule has 0 aliphatic heterocycles. The Labute approximate surface area is 195 Å². The number of halogens is 1. The first-order valence-electron chi connectivity index (χ1n) is 11.0. The SMILES string of the molecule is CCCCNC(=O)C(c1ccccc1N=C=Nc1ccc(Cl)cc1)N(CCCC)C(C)=O. The van der Waals surface area contributed by atoms with Gasteiger partial charge in [0.2, 0.25) is 11.8 Å². The number of hydrogen-bond acceptors (Lipinski definition) is 4. The molecule has 2 rings (SSSR count). The minimum atomic E-state index is -0.770. The Morgan fingerprint density at radius 1 is 1.03 bits per heavy atom. The average Bonchev–Trinajstić information content (AvgIpc) is 2.78. The Kier molecular flexibility index (Phi) is 10.6. The predicted octanol–water partition coefficient (Wildman–Crippen LogP) is 6.08. The van der Waals surface area contributed by atoms with Crippen LogP contribution in [0.4, 0.5) is 11.4 Å². The normalized spacial score (nSPS) is 11.2. The summed E-state index contributed by atoms with van der Waals surface area (Å²) in [5, 5.41) is 3.60. The summed E-state index contributed by atoms with van der Waals surface area (Å²) < 4.78 is 0. The third-order valence-electron chi connectivity index (χ3n) is 4.95. The van der Waals surface area contributed by atoms with E-state index in [9.17, 15) is 9.59 Å². The number of para-hydroxylation sites is 1. The van der Waals surface area contributed by atoms with E-state index in [4.69, 9.17) is 11.6 Å². The summed E-state index contributed by atoms with van der Waals surface area (Å²) >= 11 is 5.91. The van der Waals surface area contributed by atoms with Gasteiger partial charge in [0.1, 0.15) is 12.1 Å². The Hall–Kier alpha value is -2.95. The number of amides is 2. The number of aliphatic imine (C=N–C) groups is 2. The summed E-state index contributed by atoms with van der Waals surface area (Å²) in [6.07, 6.45) is 3.57. The van der Waals surface area contributed by atoms with Crippen LogP contribution in [0, 0.1) is 0 Å². The summed E-state index contributed by atoms with van der Waals surface area (Å²) in [7, 11) is 0. The molecule has 7 heteroatoms. The van der Waals surface area contributed by atoms with Crippen LogP contribution in [-0.4, -0.2) is 35.8 Å². The highest BCUT2D eigenvalue weighted by molar-refractivity contribution is 6.30. The number of rotatable bonds is 11. The maximum Gasteiger partial charge on any atom is 0.247 e. The molecule has 1 unspecified atom stereocenters. The third kappa shape index (κ3) is 7.63. The van der Waals surface area contributed by atoms with E-state index < -0.39 is 6.04 Å². The summed E-state index contributed by atoms with van der Waals surface area (Å²) in [5.41, 5.74) is 1.85. The van der Waals surface area contributed by atoms with Crippen molar-refractivity contribution >= 4 is 40.8 Å². The van der Waals surface area contributed by atoms with Crippen molar-refractivity contribution in [1.82, 2.24) is 10.2 Å². The first-order valence-corrected chi connectivity index (χ1v) is 11.4. The Bertz CT molecular complexity index is 953. The van der Waals surface area contributed by atoms with Crippen molar-refractivity contribution in [2.75, 3.05) is 13.1 Å². The molecule has 0 saturated heterocycles. The van der Waals surface area contributed by atoms with Gasteiger partial charge in [-0.1, -0.05) is 56.5 Å². The average molecular weight is 455 g/mol. The number of nitrogens with zero attached hydrogens (tertiary/aromatic N) is 3. The first-order chi connectivity index (χ1) is 15.5. The summed E-state index contributed by atoms with van der Waals surface area (Å²) in [6, 6.07) is 16.3. The number of benzene rings is 2. The van der Waals surface area contributed by atoms with Crippen molar-refractivity contribution in [3.8, 4) is 0 Å². The molecule has 0 spiro atoms. The number of unbranched alkanes of at least 4 members (excludes halogenated alkanes) is 2. The van der Waals surface area contributed by atoms with Crippen molar-refractivity contribution in [3.63, 3.8) is 0 Å². The van der Waals surface area contributed by atoms with Gasteiger partial charge in [-0.15, -0.1) is 0 Å². The van der Waals surface area contributed by atoms with E-state index in [1.54, 1.807) is 35.2 Å². The molecule has 0 bridgehead atoms. The molecular weight excluding hydrogens is 424 g/mol. The van der Waals surface area contributed by atoms with Crippen LogP contribution in [0.1, 0.15) is 58.1 Å². The van der Waals surface area contributed by atoms with Crippen LogP contribution in [0.2, 0.25) is 5.02 Å². The monoisotopic (exact) mass is 454 g/mol. The minimum Gasteiger partial charge on any atom is -0.354 e. The molecule has 2 aromatic carbocycles. The molecule has 0 saturated carbocycles. The van der Waals surface area contributed by atoms with Crippen LogP contribution >= 0.6 is 11.6 Å². The van der Waals surface area contributed by atoms with Crippen molar-refractivity contribution in [1.29, 1.82) is 0 Å². The second-order valence-electron chi connectivity index (χ2n) is 7.47. The molecular formula is C25H31ClN4O2. The highest BCUT2D eigenvalue weighted by atomic mass is 35.5. The van der Waals surface area contributed by atoms with Gasteiger partial charge in [0, 0.05) is 30.6 Å². The summed E-state index contributed by atoms with van der Waals surface area (Å²) in [6.45, 7) is 6.68. The molecule has 0 aliphatic carbocycles. The lowest BCUT2D eigenvalue weighted by molar-refractivity contribution is -0.139. The molecule has 6 nitrogen and oxygen atoms in total. The molecule has 2 amide bonds. The topological polar surface area (TPSA) is 74.1 Å². The molecule has 0 radical (unpaired) electrons. The van der Waals surface area contributed by atoms with Crippen LogP contribution in [0.3, 0.4) is 0 Å². The van der Waals surface area contributed by atoms with Gasteiger partial charge in [0.15, 0.2) is 0 Å². The predicted molar refractivity (Wildman–Crippen MR) is 130 cm³/mol.